The molecule has 1 N–H and O–H groups in total. The number of likely N-dealkylation sites (tertiary alicyclic amines) is 1. The van der Waals surface area contributed by atoms with E-state index < -0.39 is 0 Å². The Hall–Kier alpha value is -2.41. The Balaban J connectivity index is 2.30. The summed E-state index contributed by atoms with van der Waals surface area (Å²) in [6, 6.07) is 4.89. The Morgan fingerprint density at radius 2 is 2.15 bits per heavy atom. The van der Waals surface area contributed by atoms with Crippen LogP contribution in [0.1, 0.15) is 43.9 Å². The Bertz CT molecular complexity index is 711. The third kappa shape index (κ3) is 3.88. The van der Waals surface area contributed by atoms with Crippen LogP contribution in [0.5, 0.6) is 0 Å². The van der Waals surface area contributed by atoms with E-state index in [9.17, 15) is 14.9 Å². The molecule has 1 atom stereocenters. The highest BCUT2D eigenvalue weighted by Gasteiger charge is 2.44. The summed E-state index contributed by atoms with van der Waals surface area (Å²) < 4.78 is 5.09. The van der Waals surface area contributed by atoms with Crippen molar-refractivity contribution in [2.45, 2.75) is 32.7 Å². The first-order valence-corrected chi connectivity index (χ1v) is 8.71. The number of benzene rings is 1. The number of methoxy groups -OCH3 is 1. The van der Waals surface area contributed by atoms with E-state index in [-0.39, 0.29) is 28.0 Å². The monoisotopic (exact) mass is 361 g/mol. The van der Waals surface area contributed by atoms with Gasteiger partial charge in [0.15, 0.2) is 0 Å². The van der Waals surface area contributed by atoms with Crippen LogP contribution in [0.25, 0.3) is 5.76 Å². The van der Waals surface area contributed by atoms with Crippen molar-refractivity contribution >= 4 is 17.4 Å². The number of amides is 1. The number of rotatable bonds is 8. The standard InChI is InChI=1S/C19H27N3O4/c1-6-19(11-21(12-19)14(3)23)10-17(20-4)16-8-7-15(13(2)26-5)9-18(16)22(24)25/h7-9,17,20H,2,6,10-12H2,1,3-5H3. The zero-order valence-corrected chi connectivity index (χ0v) is 15.9. The summed E-state index contributed by atoms with van der Waals surface area (Å²) in [7, 11) is 3.29. The average Bonchev–Trinajstić information content (AvgIpc) is 2.60. The molecular formula is C19H27N3O4. The number of carbonyl (C=O) groups is 1. The molecule has 7 nitrogen and oxygen atoms in total. The molecule has 1 heterocycles. The summed E-state index contributed by atoms with van der Waals surface area (Å²) in [5.74, 6) is 0.463. The first-order valence-electron chi connectivity index (χ1n) is 8.71. The van der Waals surface area contributed by atoms with Gasteiger partial charge in [0, 0.05) is 48.7 Å². The lowest BCUT2D eigenvalue weighted by molar-refractivity contribution is -0.385. The molecule has 1 unspecified atom stereocenters. The van der Waals surface area contributed by atoms with Crippen LogP contribution in [-0.2, 0) is 9.53 Å². The molecule has 1 aliphatic heterocycles. The maximum atomic E-state index is 11.6. The minimum atomic E-state index is -0.368. The van der Waals surface area contributed by atoms with E-state index in [0.717, 1.165) is 12.8 Å². The van der Waals surface area contributed by atoms with E-state index in [0.29, 0.717) is 30.0 Å². The molecule has 1 amide bonds. The van der Waals surface area contributed by atoms with Crippen molar-refractivity contribution in [1.82, 2.24) is 10.2 Å². The van der Waals surface area contributed by atoms with Crippen molar-refractivity contribution < 1.29 is 14.5 Å². The summed E-state index contributed by atoms with van der Waals surface area (Å²) >= 11 is 0. The number of nitro benzene ring substituents is 1. The summed E-state index contributed by atoms with van der Waals surface area (Å²) in [4.78, 5) is 24.6. The second-order valence-electron chi connectivity index (χ2n) is 6.93. The Kier molecular flexibility index (Phi) is 6.02. The number of hydrogen-bond donors (Lipinski definition) is 1. The minimum absolute atomic E-state index is 0.0119. The van der Waals surface area contributed by atoms with Crippen molar-refractivity contribution in [3.63, 3.8) is 0 Å². The van der Waals surface area contributed by atoms with Crippen LogP contribution in [0.15, 0.2) is 24.8 Å². The highest BCUT2D eigenvalue weighted by molar-refractivity contribution is 5.74. The molecule has 0 radical (unpaired) electrons. The van der Waals surface area contributed by atoms with Gasteiger partial charge in [-0.1, -0.05) is 19.6 Å². The van der Waals surface area contributed by atoms with Gasteiger partial charge >= 0.3 is 0 Å². The zero-order valence-electron chi connectivity index (χ0n) is 15.9. The van der Waals surface area contributed by atoms with Gasteiger partial charge in [0.2, 0.25) is 5.91 Å². The van der Waals surface area contributed by atoms with Crippen LogP contribution >= 0.6 is 0 Å². The lowest BCUT2D eigenvalue weighted by Crippen LogP contribution is -2.58. The average molecular weight is 361 g/mol. The van der Waals surface area contributed by atoms with Crippen molar-refractivity contribution in [2.24, 2.45) is 5.41 Å². The van der Waals surface area contributed by atoms with Crippen LogP contribution in [-0.4, -0.2) is 43.0 Å². The fourth-order valence-electron chi connectivity index (χ4n) is 3.57. The fraction of sp³-hybridized carbons (Fsp3) is 0.526. The number of nitrogens with one attached hydrogen (secondary N) is 1. The third-order valence-electron chi connectivity index (χ3n) is 5.40. The van der Waals surface area contributed by atoms with Gasteiger partial charge in [-0.15, -0.1) is 0 Å². The second kappa shape index (κ2) is 7.86. The zero-order chi connectivity index (χ0) is 19.5. The molecule has 7 heteroatoms. The predicted molar refractivity (Wildman–Crippen MR) is 101 cm³/mol. The van der Waals surface area contributed by atoms with Gasteiger partial charge in [-0.2, -0.15) is 0 Å². The molecule has 142 valence electrons. The SMILES string of the molecule is C=C(OC)c1ccc(C(CC2(CC)CN(C(C)=O)C2)NC)c([N+](=O)[O-])c1. The molecule has 1 aliphatic rings. The first-order chi connectivity index (χ1) is 12.3. The Labute approximate surface area is 154 Å². The van der Waals surface area contributed by atoms with Crippen LogP contribution in [0.2, 0.25) is 0 Å². The molecule has 0 aliphatic carbocycles. The van der Waals surface area contributed by atoms with Gasteiger partial charge in [-0.05, 0) is 26.0 Å². The van der Waals surface area contributed by atoms with Crippen LogP contribution < -0.4 is 5.32 Å². The summed E-state index contributed by atoms with van der Waals surface area (Å²) in [6.45, 7) is 8.83. The van der Waals surface area contributed by atoms with E-state index >= 15 is 0 Å². The number of carbonyl (C=O) groups excluding carboxylic acids is 1. The van der Waals surface area contributed by atoms with Crippen molar-refractivity contribution in [3.8, 4) is 0 Å². The van der Waals surface area contributed by atoms with Crippen molar-refractivity contribution in [2.75, 3.05) is 27.2 Å². The van der Waals surface area contributed by atoms with E-state index in [2.05, 4.69) is 18.8 Å². The van der Waals surface area contributed by atoms with Crippen LogP contribution in [0, 0.1) is 15.5 Å². The van der Waals surface area contributed by atoms with E-state index in [1.165, 1.54) is 13.2 Å². The lowest BCUT2D eigenvalue weighted by Gasteiger charge is -2.51. The van der Waals surface area contributed by atoms with E-state index in [1.54, 1.807) is 26.1 Å². The number of nitrogens with zero attached hydrogens (tertiary/aromatic N) is 2. The first kappa shape index (κ1) is 19.9. The van der Waals surface area contributed by atoms with Gasteiger partial charge in [0.05, 0.1) is 12.0 Å². The number of ether oxygens (including phenoxy) is 1. The topological polar surface area (TPSA) is 84.7 Å². The van der Waals surface area contributed by atoms with Gasteiger partial charge in [0.25, 0.3) is 5.69 Å². The van der Waals surface area contributed by atoms with Crippen molar-refractivity contribution in [3.05, 3.63) is 46.0 Å². The Morgan fingerprint density at radius 3 is 2.62 bits per heavy atom. The normalized spacial score (nSPS) is 16.5. The van der Waals surface area contributed by atoms with Crippen molar-refractivity contribution in [1.29, 1.82) is 0 Å². The molecule has 0 saturated carbocycles. The molecule has 2 rings (SSSR count). The molecule has 1 aromatic carbocycles. The molecule has 0 bridgehead atoms. The van der Waals surface area contributed by atoms with Crippen LogP contribution in [0.4, 0.5) is 5.69 Å². The molecule has 26 heavy (non-hydrogen) atoms. The molecule has 1 saturated heterocycles. The third-order valence-corrected chi connectivity index (χ3v) is 5.40. The number of hydrogen-bond acceptors (Lipinski definition) is 5. The van der Waals surface area contributed by atoms with Gasteiger partial charge in [0.1, 0.15) is 5.76 Å². The number of nitro groups is 1. The summed E-state index contributed by atoms with van der Waals surface area (Å²) in [5, 5.41) is 14.8. The lowest BCUT2D eigenvalue weighted by atomic mass is 9.71. The van der Waals surface area contributed by atoms with Gasteiger partial charge in [-0.25, -0.2) is 0 Å². The molecular weight excluding hydrogens is 334 g/mol. The highest BCUT2D eigenvalue weighted by Crippen LogP contribution is 2.43. The fourth-order valence-corrected chi connectivity index (χ4v) is 3.57. The summed E-state index contributed by atoms with van der Waals surface area (Å²) in [5.41, 5.74) is 1.27. The Morgan fingerprint density at radius 1 is 1.50 bits per heavy atom. The molecule has 0 aromatic heterocycles. The van der Waals surface area contributed by atoms with Gasteiger partial charge < -0.3 is 15.0 Å². The van der Waals surface area contributed by atoms with Gasteiger partial charge in [-0.3, -0.25) is 14.9 Å². The van der Waals surface area contributed by atoms with E-state index in [1.807, 2.05) is 4.90 Å². The minimum Gasteiger partial charge on any atom is -0.497 e. The largest absolute Gasteiger partial charge is 0.497 e. The maximum Gasteiger partial charge on any atom is 0.274 e. The predicted octanol–water partition coefficient (Wildman–Crippen LogP) is 3.12. The van der Waals surface area contributed by atoms with Crippen LogP contribution in [0.3, 0.4) is 0 Å². The highest BCUT2D eigenvalue weighted by atomic mass is 16.6. The quantitative estimate of drug-likeness (QED) is 0.437. The molecule has 1 fully saturated rings. The second-order valence-corrected chi connectivity index (χ2v) is 6.93. The molecule has 0 spiro atoms. The summed E-state index contributed by atoms with van der Waals surface area (Å²) in [6.07, 6.45) is 1.65. The smallest absolute Gasteiger partial charge is 0.274 e. The maximum absolute atomic E-state index is 11.6. The van der Waals surface area contributed by atoms with E-state index in [4.69, 9.17) is 4.74 Å². The molecule has 1 aromatic rings.